The molecule has 0 N–H and O–H groups in total. The van der Waals surface area contributed by atoms with Gasteiger partial charge in [0, 0.05) is 6.16 Å². The fourth-order valence-corrected chi connectivity index (χ4v) is 2.22. The molecule has 0 aliphatic heterocycles. The van der Waals surface area contributed by atoms with Gasteiger partial charge in [0.15, 0.2) is 6.49 Å². The second kappa shape index (κ2) is 3.99. The Balaban J connectivity index is 4.84. The molecule has 2 atom stereocenters. The first-order valence-corrected chi connectivity index (χ1v) is 6.53. The quantitative estimate of drug-likeness (QED) is 0.427. The molecule has 0 aliphatic rings. The van der Waals surface area contributed by atoms with Gasteiger partial charge in [-0.05, 0) is 6.92 Å². The Morgan fingerprint density at radius 1 is 1.67 bits per heavy atom. The Hall–Kier alpha value is 0.280. The number of esters is 1. The van der Waals surface area contributed by atoms with Crippen LogP contribution in [0.2, 0.25) is 0 Å². The van der Waals surface area contributed by atoms with E-state index < -0.39 is 17.1 Å². The minimum Gasteiger partial charge on any atom is -0.467 e. The zero-order valence-corrected chi connectivity index (χ0v) is 9.54. The fourth-order valence-electron chi connectivity index (χ4n) is 0.620. The maximum atomic E-state index is 11.5. The Kier molecular flexibility index (Phi) is 4.09. The van der Waals surface area contributed by atoms with Gasteiger partial charge in [-0.3, -0.25) is 0 Å². The molecule has 3 nitrogen and oxygen atoms in total. The predicted molar refractivity (Wildman–Crippen MR) is 50.3 cm³/mol. The summed E-state index contributed by atoms with van der Waals surface area (Å²) in [5.74, 6) is -0.760. The second-order valence-corrected chi connectivity index (χ2v) is 7.90. The van der Waals surface area contributed by atoms with E-state index in [0.717, 1.165) is 0 Å². The standard InChI is InChI=1S/C6H11Cl2O3P/c1-4-12(8,10)6(2,7)5(9)11-3/h4H2,1-3H3. The number of ether oxygens (including phenoxy) is 1. The van der Waals surface area contributed by atoms with E-state index in [4.69, 9.17) is 22.8 Å². The number of halogens is 2. The molecule has 0 rings (SSSR count). The first-order chi connectivity index (χ1) is 5.29. The van der Waals surface area contributed by atoms with Crippen molar-refractivity contribution in [3.8, 4) is 0 Å². The van der Waals surface area contributed by atoms with E-state index in [1.54, 1.807) is 6.92 Å². The zero-order valence-electron chi connectivity index (χ0n) is 7.13. The summed E-state index contributed by atoms with van der Waals surface area (Å²) in [4.78, 5) is 11.0. The summed E-state index contributed by atoms with van der Waals surface area (Å²) >= 11 is 11.3. The van der Waals surface area contributed by atoms with E-state index in [0.29, 0.717) is 0 Å². The number of methoxy groups -OCH3 is 1. The highest BCUT2D eigenvalue weighted by molar-refractivity contribution is 7.92. The van der Waals surface area contributed by atoms with Gasteiger partial charge < -0.3 is 9.30 Å². The van der Waals surface area contributed by atoms with Gasteiger partial charge in [-0.25, -0.2) is 4.79 Å². The highest BCUT2D eigenvalue weighted by atomic mass is 35.7. The van der Waals surface area contributed by atoms with Crippen LogP contribution < -0.4 is 0 Å². The van der Waals surface area contributed by atoms with Gasteiger partial charge >= 0.3 is 5.97 Å². The lowest BCUT2D eigenvalue weighted by Crippen LogP contribution is -2.29. The van der Waals surface area contributed by atoms with Crippen molar-refractivity contribution in [1.82, 2.24) is 0 Å². The smallest absolute Gasteiger partial charge is 0.335 e. The van der Waals surface area contributed by atoms with E-state index in [9.17, 15) is 9.36 Å². The number of carbonyl (C=O) groups is 1. The number of carbonyl (C=O) groups excluding carboxylic acids is 1. The highest BCUT2D eigenvalue weighted by Crippen LogP contribution is 2.64. The molecule has 0 radical (unpaired) electrons. The second-order valence-electron chi connectivity index (χ2n) is 2.41. The molecular weight excluding hydrogens is 222 g/mol. The third kappa shape index (κ3) is 2.15. The Bertz CT molecular complexity index is 227. The fraction of sp³-hybridized carbons (Fsp3) is 0.833. The minimum absolute atomic E-state index is 0.156. The van der Waals surface area contributed by atoms with Crippen LogP contribution in [0.15, 0.2) is 0 Å². The molecule has 0 heterocycles. The van der Waals surface area contributed by atoms with Crippen molar-refractivity contribution < 1.29 is 14.1 Å². The van der Waals surface area contributed by atoms with E-state index in [-0.39, 0.29) is 6.16 Å². The number of hydrogen-bond acceptors (Lipinski definition) is 3. The van der Waals surface area contributed by atoms with Crippen molar-refractivity contribution in [2.45, 2.75) is 18.5 Å². The molecular formula is C6H11Cl2O3P. The van der Waals surface area contributed by atoms with Gasteiger partial charge in [0.2, 0.25) is 4.62 Å². The molecule has 0 bridgehead atoms. The molecule has 0 aliphatic carbocycles. The first-order valence-electron chi connectivity index (χ1n) is 3.35. The predicted octanol–water partition coefficient (Wildman–Crippen LogP) is 2.65. The normalized spacial score (nSPS) is 20.8. The number of alkyl halides is 1. The van der Waals surface area contributed by atoms with Crippen LogP contribution in [0, 0.1) is 0 Å². The van der Waals surface area contributed by atoms with Gasteiger partial charge in [-0.15, -0.1) is 0 Å². The van der Waals surface area contributed by atoms with Gasteiger partial charge in [-0.1, -0.05) is 29.8 Å². The van der Waals surface area contributed by atoms with Crippen LogP contribution in [-0.2, 0) is 14.1 Å². The van der Waals surface area contributed by atoms with Crippen molar-refractivity contribution in [3.05, 3.63) is 0 Å². The molecule has 0 aromatic heterocycles. The summed E-state index contributed by atoms with van der Waals surface area (Å²) in [5, 5.41) is 0. The maximum Gasteiger partial charge on any atom is 0.335 e. The third-order valence-corrected chi connectivity index (χ3v) is 6.81. The van der Waals surface area contributed by atoms with Gasteiger partial charge in [0.1, 0.15) is 0 Å². The van der Waals surface area contributed by atoms with E-state index in [2.05, 4.69) is 4.74 Å². The summed E-state index contributed by atoms with van der Waals surface area (Å²) in [7, 11) is 1.18. The summed E-state index contributed by atoms with van der Waals surface area (Å²) in [5.41, 5.74) is 0. The molecule has 72 valence electrons. The van der Waals surface area contributed by atoms with Crippen molar-refractivity contribution in [2.75, 3.05) is 13.3 Å². The van der Waals surface area contributed by atoms with E-state index >= 15 is 0 Å². The molecule has 0 amide bonds. The van der Waals surface area contributed by atoms with Crippen LogP contribution in [0.3, 0.4) is 0 Å². The van der Waals surface area contributed by atoms with E-state index in [1.165, 1.54) is 14.0 Å². The summed E-state index contributed by atoms with van der Waals surface area (Å²) in [6.07, 6.45) is 0.156. The Labute approximate surface area is 81.5 Å². The third-order valence-electron chi connectivity index (χ3n) is 1.59. The highest BCUT2D eigenvalue weighted by Gasteiger charge is 2.47. The van der Waals surface area contributed by atoms with Crippen molar-refractivity contribution >= 4 is 35.3 Å². The van der Waals surface area contributed by atoms with Crippen molar-refractivity contribution in [3.63, 3.8) is 0 Å². The number of rotatable bonds is 3. The average Bonchev–Trinajstić information content (AvgIpc) is 2.02. The lowest BCUT2D eigenvalue weighted by Gasteiger charge is -2.23. The Morgan fingerprint density at radius 2 is 2.08 bits per heavy atom. The largest absolute Gasteiger partial charge is 0.467 e. The van der Waals surface area contributed by atoms with Crippen LogP contribution in [-0.4, -0.2) is 23.9 Å². The van der Waals surface area contributed by atoms with Crippen LogP contribution in [0.5, 0.6) is 0 Å². The molecule has 0 aromatic rings. The van der Waals surface area contributed by atoms with Gasteiger partial charge in [0.25, 0.3) is 0 Å². The summed E-state index contributed by atoms with van der Waals surface area (Å²) in [6, 6.07) is 0. The lowest BCUT2D eigenvalue weighted by molar-refractivity contribution is -0.140. The SMILES string of the molecule is CCP(=O)(Cl)C(C)(Cl)C(=O)OC. The van der Waals surface area contributed by atoms with Crippen molar-refractivity contribution in [2.24, 2.45) is 0 Å². The molecule has 2 unspecified atom stereocenters. The Morgan fingerprint density at radius 3 is 2.33 bits per heavy atom. The van der Waals surface area contributed by atoms with Gasteiger partial charge in [0.05, 0.1) is 7.11 Å². The average molecular weight is 233 g/mol. The van der Waals surface area contributed by atoms with Crippen LogP contribution in [0.25, 0.3) is 0 Å². The maximum absolute atomic E-state index is 11.5. The monoisotopic (exact) mass is 232 g/mol. The molecule has 0 spiro atoms. The first kappa shape index (κ1) is 12.3. The molecule has 6 heteroatoms. The molecule has 0 fully saturated rings. The lowest BCUT2D eigenvalue weighted by atomic mass is 10.5. The van der Waals surface area contributed by atoms with Gasteiger partial charge in [-0.2, -0.15) is 0 Å². The summed E-state index contributed by atoms with van der Waals surface area (Å²) < 4.78 is 14.3. The van der Waals surface area contributed by atoms with E-state index in [1.807, 2.05) is 0 Å². The zero-order chi connectivity index (χ0) is 9.99. The van der Waals surface area contributed by atoms with Crippen molar-refractivity contribution in [1.29, 1.82) is 0 Å². The van der Waals surface area contributed by atoms with Crippen LogP contribution >= 0.6 is 29.3 Å². The minimum atomic E-state index is -3.19. The summed E-state index contributed by atoms with van der Waals surface area (Å²) in [6.45, 7) is -0.274. The molecule has 0 saturated heterocycles. The molecule has 12 heavy (non-hydrogen) atoms. The van der Waals surface area contributed by atoms with Crippen LogP contribution in [0.1, 0.15) is 13.8 Å². The van der Waals surface area contributed by atoms with Crippen LogP contribution in [0.4, 0.5) is 0 Å². The topological polar surface area (TPSA) is 43.4 Å². The number of hydrogen-bond donors (Lipinski definition) is 0. The molecule has 0 saturated carbocycles. The molecule has 0 aromatic carbocycles.